The van der Waals surface area contributed by atoms with Crippen molar-refractivity contribution in [2.24, 2.45) is 11.3 Å². The van der Waals surface area contributed by atoms with Gasteiger partial charge in [-0.25, -0.2) is 0 Å². The highest BCUT2D eigenvalue weighted by molar-refractivity contribution is 9.11. The molecule has 164 valence electrons. The number of nitrogens with one attached hydrogen (secondary N) is 1. The molecule has 5 rings (SSSR count). The summed E-state index contributed by atoms with van der Waals surface area (Å²) in [5.41, 5.74) is 5.71. The topological polar surface area (TPSA) is 46.2 Å². The number of hydrogen-bond donors (Lipinski definition) is 1. The molecule has 0 bridgehead atoms. The summed E-state index contributed by atoms with van der Waals surface area (Å²) in [5.74, 6) is 0.581. The summed E-state index contributed by atoms with van der Waals surface area (Å²) in [5, 5.41) is 5.19. The van der Waals surface area contributed by atoms with Gasteiger partial charge in [0.25, 0.3) is 5.91 Å². The minimum Gasteiger partial charge on any atom is -0.349 e. The van der Waals surface area contributed by atoms with E-state index in [4.69, 9.17) is 0 Å². The average Bonchev–Trinajstić information content (AvgIpc) is 3.10. The zero-order valence-electron chi connectivity index (χ0n) is 18.1. The van der Waals surface area contributed by atoms with Crippen LogP contribution in [0.15, 0.2) is 63.8 Å². The van der Waals surface area contributed by atoms with Crippen LogP contribution < -0.4 is 5.32 Å². The molecule has 1 N–H and O–H groups in total. The zero-order chi connectivity index (χ0) is 22.3. The van der Waals surface area contributed by atoms with Crippen LogP contribution in [0.3, 0.4) is 0 Å². The van der Waals surface area contributed by atoms with Crippen LogP contribution in [0.1, 0.15) is 54.1 Å². The Morgan fingerprint density at radius 2 is 1.66 bits per heavy atom. The lowest BCUT2D eigenvalue weighted by Crippen LogP contribution is -2.57. The smallest absolute Gasteiger partial charge is 0.252 e. The van der Waals surface area contributed by atoms with Gasteiger partial charge in [-0.3, -0.25) is 9.59 Å². The van der Waals surface area contributed by atoms with Gasteiger partial charge in [-0.15, -0.1) is 11.3 Å². The highest BCUT2D eigenvalue weighted by Gasteiger charge is 2.54. The van der Waals surface area contributed by atoms with Crippen LogP contribution in [-0.4, -0.2) is 17.7 Å². The first-order chi connectivity index (χ1) is 15.4. The molecule has 0 aliphatic heterocycles. The zero-order valence-corrected chi connectivity index (χ0v) is 20.5. The molecule has 32 heavy (non-hydrogen) atoms. The summed E-state index contributed by atoms with van der Waals surface area (Å²) in [6, 6.07) is 19.2. The molecule has 2 aliphatic rings. The van der Waals surface area contributed by atoms with Crippen molar-refractivity contribution in [1.82, 2.24) is 5.32 Å². The number of rotatable bonds is 6. The summed E-state index contributed by atoms with van der Waals surface area (Å²) in [6.07, 6.45) is 4.73. The van der Waals surface area contributed by atoms with Crippen LogP contribution in [-0.2, 0) is 11.2 Å². The number of carbonyl (C=O) groups is 2. The highest BCUT2D eigenvalue weighted by atomic mass is 79.9. The van der Waals surface area contributed by atoms with Gasteiger partial charge in [0.2, 0.25) is 0 Å². The molecule has 1 amide bonds. The van der Waals surface area contributed by atoms with Crippen LogP contribution in [0.4, 0.5) is 0 Å². The minimum atomic E-state index is 0.0187. The normalized spacial score (nSPS) is 23.9. The van der Waals surface area contributed by atoms with Gasteiger partial charge in [-0.1, -0.05) is 54.6 Å². The third kappa shape index (κ3) is 4.20. The minimum absolute atomic E-state index is 0.0187. The number of thiophene rings is 1. The molecular weight excluding hydrogens is 482 g/mol. The predicted molar refractivity (Wildman–Crippen MR) is 133 cm³/mol. The second-order valence-electron chi connectivity index (χ2n) is 9.44. The fourth-order valence-corrected chi connectivity index (χ4v) is 6.75. The Morgan fingerprint density at radius 1 is 1.00 bits per heavy atom. The number of Topliss-reactive ketones (excluding diaryl/α,β-unsaturated/α-hetero) is 1. The van der Waals surface area contributed by atoms with E-state index in [0.717, 1.165) is 47.0 Å². The molecule has 1 aromatic heterocycles. The van der Waals surface area contributed by atoms with Crippen molar-refractivity contribution in [3.63, 3.8) is 0 Å². The molecule has 1 spiro atoms. The van der Waals surface area contributed by atoms with Gasteiger partial charge < -0.3 is 5.32 Å². The van der Waals surface area contributed by atoms with Crippen LogP contribution in [0, 0.1) is 11.3 Å². The Balaban J connectivity index is 1.22. The number of ketones is 1. The molecule has 3 aromatic rings. The summed E-state index contributed by atoms with van der Waals surface area (Å²) in [6.45, 7) is 1.70. The predicted octanol–water partition coefficient (Wildman–Crippen LogP) is 6.65. The molecule has 5 heteroatoms. The summed E-state index contributed by atoms with van der Waals surface area (Å²) < 4.78 is 1.02. The number of amides is 1. The van der Waals surface area contributed by atoms with E-state index in [2.05, 4.69) is 57.6 Å². The fraction of sp³-hybridized carbons (Fsp3) is 0.333. The van der Waals surface area contributed by atoms with E-state index < -0.39 is 0 Å². The molecule has 2 saturated carbocycles. The third-order valence-electron chi connectivity index (χ3n) is 7.16. The van der Waals surface area contributed by atoms with Crippen molar-refractivity contribution in [3.05, 3.63) is 80.5 Å². The standard InChI is InChI=1S/C27H26BrNO2S/c1-17(30)21-12-27(13-21)14-22(15-27)29-26(31)24-16-32-25(28)23(24)11-18-7-9-20(10-8-18)19-5-3-2-4-6-19/h2-10,16,21-22H,11-15H2,1H3,(H,29,31). The Labute approximate surface area is 201 Å². The van der Waals surface area contributed by atoms with Gasteiger partial charge in [-0.05, 0) is 76.2 Å². The van der Waals surface area contributed by atoms with Gasteiger partial charge >= 0.3 is 0 Å². The van der Waals surface area contributed by atoms with Crippen LogP contribution in [0.2, 0.25) is 0 Å². The molecule has 0 radical (unpaired) electrons. The van der Waals surface area contributed by atoms with E-state index in [1.54, 1.807) is 18.3 Å². The van der Waals surface area contributed by atoms with Crippen molar-refractivity contribution in [3.8, 4) is 11.1 Å². The van der Waals surface area contributed by atoms with Crippen LogP contribution in [0.25, 0.3) is 11.1 Å². The number of halogens is 1. The lowest BCUT2D eigenvalue weighted by molar-refractivity contribution is -0.134. The van der Waals surface area contributed by atoms with Gasteiger partial charge in [0.05, 0.1) is 9.35 Å². The maximum Gasteiger partial charge on any atom is 0.252 e. The highest BCUT2D eigenvalue weighted by Crippen LogP contribution is 2.58. The maximum absolute atomic E-state index is 13.0. The van der Waals surface area contributed by atoms with Crippen molar-refractivity contribution in [2.75, 3.05) is 0 Å². The van der Waals surface area contributed by atoms with Crippen molar-refractivity contribution in [1.29, 1.82) is 0 Å². The number of benzene rings is 2. The molecule has 3 nitrogen and oxygen atoms in total. The fourth-order valence-electron chi connectivity index (χ4n) is 5.32. The quantitative estimate of drug-likeness (QED) is 0.406. The molecule has 1 heterocycles. The molecule has 2 aliphatic carbocycles. The molecule has 2 aromatic carbocycles. The third-order valence-corrected chi connectivity index (χ3v) is 9.00. The Hall–Kier alpha value is -2.24. The first kappa shape index (κ1) is 21.6. The van der Waals surface area contributed by atoms with E-state index in [1.165, 1.54) is 16.7 Å². The SMILES string of the molecule is CC(=O)C1CC2(CC(NC(=O)c3csc(Br)c3Cc3ccc(-c4ccccc4)cc3)C2)C1. The summed E-state index contributed by atoms with van der Waals surface area (Å²) in [4.78, 5) is 24.5. The van der Waals surface area contributed by atoms with Gasteiger partial charge in [-0.2, -0.15) is 0 Å². The van der Waals surface area contributed by atoms with Gasteiger partial charge in [0, 0.05) is 23.8 Å². The first-order valence-electron chi connectivity index (χ1n) is 11.1. The molecule has 0 unspecified atom stereocenters. The van der Waals surface area contributed by atoms with Gasteiger partial charge in [0.15, 0.2) is 0 Å². The molecule has 0 atom stereocenters. The lowest BCUT2D eigenvalue weighted by atomic mass is 9.49. The van der Waals surface area contributed by atoms with E-state index in [-0.39, 0.29) is 17.9 Å². The van der Waals surface area contributed by atoms with Crippen molar-refractivity contribution >= 4 is 39.0 Å². The first-order valence-corrected chi connectivity index (χ1v) is 12.8. The van der Waals surface area contributed by atoms with E-state index >= 15 is 0 Å². The number of carbonyl (C=O) groups excluding carboxylic acids is 2. The molecular formula is C27H26BrNO2S. The monoisotopic (exact) mass is 507 g/mol. The van der Waals surface area contributed by atoms with Gasteiger partial charge in [0.1, 0.15) is 5.78 Å². The van der Waals surface area contributed by atoms with E-state index in [1.807, 2.05) is 23.6 Å². The van der Waals surface area contributed by atoms with Crippen molar-refractivity contribution in [2.45, 2.75) is 45.1 Å². The van der Waals surface area contributed by atoms with Crippen molar-refractivity contribution < 1.29 is 9.59 Å². The molecule has 0 saturated heterocycles. The van der Waals surface area contributed by atoms with E-state index in [0.29, 0.717) is 11.2 Å². The Bertz CT molecular complexity index is 1140. The summed E-state index contributed by atoms with van der Waals surface area (Å²) >= 11 is 5.23. The second-order valence-corrected chi connectivity index (χ2v) is 11.6. The Kier molecular flexibility index (Phi) is 5.81. The Morgan fingerprint density at radius 3 is 2.31 bits per heavy atom. The average molecular weight is 508 g/mol. The maximum atomic E-state index is 13.0. The summed E-state index contributed by atoms with van der Waals surface area (Å²) in [7, 11) is 0. The van der Waals surface area contributed by atoms with Crippen LogP contribution in [0.5, 0.6) is 0 Å². The largest absolute Gasteiger partial charge is 0.349 e. The van der Waals surface area contributed by atoms with Crippen LogP contribution >= 0.6 is 27.3 Å². The second kappa shape index (κ2) is 8.60. The lowest BCUT2D eigenvalue weighted by Gasteiger charge is -2.57. The molecule has 2 fully saturated rings. The van der Waals surface area contributed by atoms with E-state index in [9.17, 15) is 9.59 Å². The number of hydrogen-bond acceptors (Lipinski definition) is 3.